The topological polar surface area (TPSA) is 94.3 Å². The predicted molar refractivity (Wildman–Crippen MR) is 107 cm³/mol. The van der Waals surface area contributed by atoms with Gasteiger partial charge in [0.2, 0.25) is 5.91 Å². The predicted octanol–water partition coefficient (Wildman–Crippen LogP) is 3.10. The molecule has 1 atom stereocenters. The normalized spacial score (nSPS) is 11.7. The maximum absolute atomic E-state index is 13.0. The number of pyridine rings is 1. The molecule has 0 spiro atoms. The molecule has 0 aliphatic rings. The zero-order valence-electron chi connectivity index (χ0n) is 16.5. The molecule has 0 unspecified atom stereocenters. The molecule has 1 N–H and O–H groups in total. The van der Waals surface area contributed by atoms with Gasteiger partial charge in [0.15, 0.2) is 11.7 Å². The summed E-state index contributed by atoms with van der Waals surface area (Å²) in [4.78, 5) is 33.0. The SMILES string of the molecule is CCOC(=O)[C@@H](Cc1ccccn1)NC(=O)CCc1ncc(-c2ccc(F)cc2)o1. The maximum Gasteiger partial charge on any atom is 0.329 e. The summed E-state index contributed by atoms with van der Waals surface area (Å²) in [6.07, 6.45) is 3.73. The summed E-state index contributed by atoms with van der Waals surface area (Å²) in [5.74, 6) is -0.305. The van der Waals surface area contributed by atoms with Crippen LogP contribution >= 0.6 is 0 Å². The standard InChI is InChI=1S/C22H22FN3O4/c1-2-29-22(28)18(13-17-5-3-4-12-24-17)26-20(27)10-11-21-25-14-19(30-21)15-6-8-16(23)9-7-15/h3-9,12,14,18H,2,10-11,13H2,1H3,(H,26,27)/t18-/m1/s1. The Labute approximate surface area is 173 Å². The molecule has 156 valence electrons. The van der Waals surface area contributed by atoms with Crippen molar-refractivity contribution in [2.75, 3.05) is 6.61 Å². The van der Waals surface area contributed by atoms with Gasteiger partial charge in [-0.05, 0) is 43.3 Å². The molecule has 7 nitrogen and oxygen atoms in total. The van der Waals surface area contributed by atoms with Crippen LogP contribution in [0, 0.1) is 5.82 Å². The first-order chi connectivity index (χ1) is 14.5. The van der Waals surface area contributed by atoms with Crippen molar-refractivity contribution in [3.05, 3.63) is 72.3 Å². The van der Waals surface area contributed by atoms with E-state index >= 15 is 0 Å². The Morgan fingerprint density at radius 3 is 2.67 bits per heavy atom. The Morgan fingerprint density at radius 2 is 1.97 bits per heavy atom. The third-order valence-corrected chi connectivity index (χ3v) is 4.29. The van der Waals surface area contributed by atoms with Crippen LogP contribution in [0.25, 0.3) is 11.3 Å². The van der Waals surface area contributed by atoms with Gasteiger partial charge in [0.25, 0.3) is 0 Å². The minimum absolute atomic E-state index is 0.0848. The third kappa shape index (κ3) is 5.97. The molecule has 1 aromatic carbocycles. The third-order valence-electron chi connectivity index (χ3n) is 4.29. The number of aromatic nitrogens is 2. The summed E-state index contributed by atoms with van der Waals surface area (Å²) < 4.78 is 23.7. The highest BCUT2D eigenvalue weighted by Crippen LogP contribution is 2.21. The van der Waals surface area contributed by atoms with Crippen molar-refractivity contribution in [3.8, 4) is 11.3 Å². The highest BCUT2D eigenvalue weighted by Gasteiger charge is 2.23. The number of nitrogens with zero attached hydrogens (tertiary/aromatic N) is 2. The largest absolute Gasteiger partial charge is 0.464 e. The zero-order valence-corrected chi connectivity index (χ0v) is 16.5. The summed E-state index contributed by atoms with van der Waals surface area (Å²) in [5, 5.41) is 2.70. The van der Waals surface area contributed by atoms with E-state index in [4.69, 9.17) is 9.15 Å². The van der Waals surface area contributed by atoms with Gasteiger partial charge in [-0.1, -0.05) is 6.07 Å². The van der Waals surface area contributed by atoms with Crippen LogP contribution in [0.2, 0.25) is 0 Å². The monoisotopic (exact) mass is 411 g/mol. The number of aryl methyl sites for hydroxylation is 1. The fourth-order valence-corrected chi connectivity index (χ4v) is 2.82. The number of esters is 1. The van der Waals surface area contributed by atoms with Gasteiger partial charge in [0.05, 0.1) is 12.8 Å². The van der Waals surface area contributed by atoms with Crippen LogP contribution in [-0.2, 0) is 27.2 Å². The van der Waals surface area contributed by atoms with E-state index in [1.54, 1.807) is 37.4 Å². The molecule has 0 fully saturated rings. The number of hydrogen-bond donors (Lipinski definition) is 1. The number of oxazole rings is 1. The van der Waals surface area contributed by atoms with Gasteiger partial charge in [0, 0.05) is 36.7 Å². The van der Waals surface area contributed by atoms with E-state index < -0.39 is 12.0 Å². The number of amides is 1. The molecule has 3 rings (SSSR count). The molecular weight excluding hydrogens is 389 g/mol. The van der Waals surface area contributed by atoms with E-state index in [1.807, 2.05) is 6.07 Å². The van der Waals surface area contributed by atoms with Crippen LogP contribution in [0.1, 0.15) is 24.9 Å². The Morgan fingerprint density at radius 1 is 1.17 bits per heavy atom. The van der Waals surface area contributed by atoms with Crippen molar-refractivity contribution in [1.29, 1.82) is 0 Å². The molecule has 0 bridgehead atoms. The molecule has 0 aliphatic carbocycles. The zero-order chi connectivity index (χ0) is 21.3. The van der Waals surface area contributed by atoms with E-state index in [9.17, 15) is 14.0 Å². The number of carbonyl (C=O) groups excluding carboxylic acids is 2. The Bertz CT molecular complexity index is 974. The first-order valence-electron chi connectivity index (χ1n) is 9.61. The molecule has 0 saturated carbocycles. The van der Waals surface area contributed by atoms with Gasteiger partial charge in [-0.15, -0.1) is 0 Å². The van der Waals surface area contributed by atoms with Crippen LogP contribution in [0.5, 0.6) is 0 Å². The second kappa shape index (κ2) is 10.3. The van der Waals surface area contributed by atoms with E-state index in [0.29, 0.717) is 22.9 Å². The summed E-state index contributed by atoms with van der Waals surface area (Å²) in [5.41, 5.74) is 1.37. The molecule has 0 radical (unpaired) electrons. The molecule has 0 aliphatic heterocycles. The molecule has 1 amide bonds. The van der Waals surface area contributed by atoms with Gasteiger partial charge < -0.3 is 14.5 Å². The number of rotatable bonds is 9. The number of ether oxygens (including phenoxy) is 1. The van der Waals surface area contributed by atoms with Gasteiger partial charge >= 0.3 is 5.97 Å². The lowest BCUT2D eigenvalue weighted by molar-refractivity contribution is -0.147. The Hall–Kier alpha value is -3.55. The molecular formula is C22H22FN3O4. The van der Waals surface area contributed by atoms with Crippen LogP contribution < -0.4 is 5.32 Å². The van der Waals surface area contributed by atoms with Crippen molar-refractivity contribution in [1.82, 2.24) is 15.3 Å². The molecule has 2 heterocycles. The number of hydrogen-bond acceptors (Lipinski definition) is 6. The van der Waals surface area contributed by atoms with Crippen molar-refractivity contribution >= 4 is 11.9 Å². The maximum atomic E-state index is 13.0. The van der Waals surface area contributed by atoms with Crippen LogP contribution in [0.4, 0.5) is 4.39 Å². The van der Waals surface area contributed by atoms with Crippen LogP contribution in [0.3, 0.4) is 0 Å². The average Bonchev–Trinajstić information content (AvgIpc) is 3.22. The highest BCUT2D eigenvalue weighted by molar-refractivity contribution is 5.84. The summed E-state index contributed by atoms with van der Waals surface area (Å²) in [6, 6.07) is 10.4. The fourth-order valence-electron chi connectivity index (χ4n) is 2.82. The lowest BCUT2D eigenvalue weighted by Gasteiger charge is -2.16. The van der Waals surface area contributed by atoms with Gasteiger partial charge in [-0.2, -0.15) is 0 Å². The van der Waals surface area contributed by atoms with E-state index in [-0.39, 0.29) is 37.6 Å². The lowest BCUT2D eigenvalue weighted by atomic mass is 10.1. The second-order valence-electron chi connectivity index (χ2n) is 6.52. The fraction of sp³-hybridized carbons (Fsp3) is 0.273. The minimum atomic E-state index is -0.827. The summed E-state index contributed by atoms with van der Waals surface area (Å²) >= 11 is 0. The molecule has 0 saturated heterocycles. The Balaban J connectivity index is 1.57. The van der Waals surface area contributed by atoms with Gasteiger partial charge in [-0.25, -0.2) is 14.2 Å². The van der Waals surface area contributed by atoms with E-state index in [2.05, 4.69) is 15.3 Å². The molecule has 8 heteroatoms. The average molecular weight is 411 g/mol. The van der Waals surface area contributed by atoms with Crippen LogP contribution in [0.15, 0.2) is 59.3 Å². The lowest BCUT2D eigenvalue weighted by Crippen LogP contribution is -2.43. The molecule has 2 aromatic heterocycles. The second-order valence-corrected chi connectivity index (χ2v) is 6.52. The number of carbonyl (C=O) groups is 2. The quantitative estimate of drug-likeness (QED) is 0.544. The van der Waals surface area contributed by atoms with Crippen molar-refractivity contribution in [2.24, 2.45) is 0 Å². The molecule has 30 heavy (non-hydrogen) atoms. The van der Waals surface area contributed by atoms with Crippen molar-refractivity contribution < 1.29 is 23.1 Å². The Kier molecular flexibility index (Phi) is 7.26. The first-order valence-corrected chi connectivity index (χ1v) is 9.61. The first kappa shape index (κ1) is 21.2. The number of nitrogens with one attached hydrogen (secondary N) is 1. The summed E-state index contributed by atoms with van der Waals surface area (Å²) in [6.45, 7) is 1.93. The smallest absolute Gasteiger partial charge is 0.329 e. The van der Waals surface area contributed by atoms with Crippen LogP contribution in [-0.4, -0.2) is 34.5 Å². The summed E-state index contributed by atoms with van der Waals surface area (Å²) in [7, 11) is 0. The van der Waals surface area contributed by atoms with E-state index in [0.717, 1.165) is 0 Å². The minimum Gasteiger partial charge on any atom is -0.464 e. The van der Waals surface area contributed by atoms with Gasteiger partial charge in [-0.3, -0.25) is 9.78 Å². The van der Waals surface area contributed by atoms with Gasteiger partial charge in [0.1, 0.15) is 11.9 Å². The van der Waals surface area contributed by atoms with Crippen molar-refractivity contribution in [3.63, 3.8) is 0 Å². The highest BCUT2D eigenvalue weighted by atomic mass is 19.1. The van der Waals surface area contributed by atoms with Crippen molar-refractivity contribution in [2.45, 2.75) is 32.2 Å². The van der Waals surface area contributed by atoms with E-state index in [1.165, 1.54) is 18.3 Å². The number of halogens is 1. The number of benzene rings is 1. The molecule has 3 aromatic rings.